The maximum Gasteiger partial charge on any atom is 0.139 e. The Hall–Kier alpha value is -3.08. The van der Waals surface area contributed by atoms with Crippen molar-refractivity contribution < 1.29 is 14.1 Å². The SMILES string of the molecule is CCc1ccccc1OCc1ccccc1/C(=N/OC)c1ccon1. The van der Waals surface area contributed by atoms with Gasteiger partial charge in [0.25, 0.3) is 0 Å². The molecule has 128 valence electrons. The van der Waals surface area contributed by atoms with Crippen LogP contribution in [0.4, 0.5) is 0 Å². The molecule has 1 aromatic heterocycles. The Labute approximate surface area is 146 Å². The summed E-state index contributed by atoms with van der Waals surface area (Å²) in [4.78, 5) is 5.00. The van der Waals surface area contributed by atoms with E-state index in [0.29, 0.717) is 18.0 Å². The zero-order chi connectivity index (χ0) is 17.5. The first-order valence-corrected chi connectivity index (χ1v) is 8.14. The number of hydrogen-bond donors (Lipinski definition) is 0. The van der Waals surface area contributed by atoms with Gasteiger partial charge in [0.1, 0.15) is 37.1 Å². The van der Waals surface area contributed by atoms with E-state index < -0.39 is 0 Å². The fraction of sp³-hybridized carbons (Fsp3) is 0.200. The molecule has 3 aromatic rings. The van der Waals surface area contributed by atoms with Crippen molar-refractivity contribution in [3.63, 3.8) is 0 Å². The topological polar surface area (TPSA) is 56.9 Å². The zero-order valence-electron chi connectivity index (χ0n) is 14.3. The number of aromatic nitrogens is 1. The summed E-state index contributed by atoms with van der Waals surface area (Å²) >= 11 is 0. The molecule has 0 atom stereocenters. The van der Waals surface area contributed by atoms with Crippen LogP contribution in [0.1, 0.15) is 29.3 Å². The Morgan fingerprint density at radius 2 is 1.80 bits per heavy atom. The molecule has 0 aliphatic carbocycles. The molecule has 0 radical (unpaired) electrons. The molecule has 3 rings (SSSR count). The van der Waals surface area contributed by atoms with Crippen molar-refractivity contribution in [2.24, 2.45) is 5.16 Å². The predicted molar refractivity (Wildman–Crippen MR) is 95.7 cm³/mol. The van der Waals surface area contributed by atoms with Crippen molar-refractivity contribution >= 4 is 5.71 Å². The van der Waals surface area contributed by atoms with E-state index in [0.717, 1.165) is 23.3 Å². The summed E-state index contributed by atoms with van der Waals surface area (Å²) < 4.78 is 11.0. The van der Waals surface area contributed by atoms with Gasteiger partial charge in [-0.2, -0.15) is 0 Å². The van der Waals surface area contributed by atoms with E-state index in [4.69, 9.17) is 14.1 Å². The van der Waals surface area contributed by atoms with Crippen LogP contribution in [0, 0.1) is 0 Å². The molecule has 5 nitrogen and oxygen atoms in total. The maximum absolute atomic E-state index is 6.06. The van der Waals surface area contributed by atoms with Gasteiger partial charge in [0, 0.05) is 11.6 Å². The highest BCUT2D eigenvalue weighted by atomic mass is 16.6. The van der Waals surface area contributed by atoms with E-state index in [1.807, 2.05) is 42.5 Å². The number of para-hydroxylation sites is 1. The Bertz CT molecular complexity index is 842. The summed E-state index contributed by atoms with van der Waals surface area (Å²) in [5, 5.41) is 8.10. The molecular formula is C20H20N2O3. The lowest BCUT2D eigenvalue weighted by Gasteiger charge is -2.13. The van der Waals surface area contributed by atoms with Crippen molar-refractivity contribution in [1.82, 2.24) is 5.16 Å². The Morgan fingerprint density at radius 3 is 2.52 bits per heavy atom. The number of aryl methyl sites for hydroxylation is 1. The van der Waals surface area contributed by atoms with Crippen LogP contribution in [0.3, 0.4) is 0 Å². The Balaban J connectivity index is 1.89. The number of hydrogen-bond acceptors (Lipinski definition) is 5. The van der Waals surface area contributed by atoms with Crippen LogP contribution in [-0.2, 0) is 17.9 Å². The average Bonchev–Trinajstić information content (AvgIpc) is 3.19. The highest BCUT2D eigenvalue weighted by molar-refractivity contribution is 6.12. The Kier molecular flexibility index (Phi) is 5.46. The second kappa shape index (κ2) is 8.15. The van der Waals surface area contributed by atoms with Gasteiger partial charge in [0.15, 0.2) is 0 Å². The zero-order valence-corrected chi connectivity index (χ0v) is 14.3. The molecule has 25 heavy (non-hydrogen) atoms. The van der Waals surface area contributed by atoms with E-state index in [-0.39, 0.29) is 0 Å². The van der Waals surface area contributed by atoms with Gasteiger partial charge in [-0.25, -0.2) is 0 Å². The molecule has 0 spiro atoms. The highest BCUT2D eigenvalue weighted by Crippen LogP contribution is 2.22. The average molecular weight is 336 g/mol. The second-order valence-electron chi connectivity index (χ2n) is 5.41. The molecule has 1 heterocycles. The van der Waals surface area contributed by atoms with E-state index in [1.165, 1.54) is 18.9 Å². The van der Waals surface area contributed by atoms with E-state index in [1.54, 1.807) is 6.07 Å². The van der Waals surface area contributed by atoms with E-state index >= 15 is 0 Å². The van der Waals surface area contributed by atoms with Crippen molar-refractivity contribution in [3.05, 3.63) is 83.2 Å². The molecule has 2 aromatic carbocycles. The first-order valence-electron chi connectivity index (χ1n) is 8.14. The number of rotatable bonds is 7. The fourth-order valence-corrected chi connectivity index (χ4v) is 2.63. The fourth-order valence-electron chi connectivity index (χ4n) is 2.63. The highest BCUT2D eigenvalue weighted by Gasteiger charge is 2.15. The summed E-state index contributed by atoms with van der Waals surface area (Å²) in [7, 11) is 1.51. The maximum atomic E-state index is 6.06. The predicted octanol–water partition coefficient (Wildman–Crippen LogP) is 4.21. The van der Waals surface area contributed by atoms with Crippen LogP contribution >= 0.6 is 0 Å². The monoisotopic (exact) mass is 336 g/mol. The molecule has 0 fully saturated rings. The lowest BCUT2D eigenvalue weighted by Crippen LogP contribution is -2.10. The third-order valence-corrected chi connectivity index (χ3v) is 3.87. The van der Waals surface area contributed by atoms with Crippen LogP contribution in [0.15, 0.2) is 70.5 Å². The van der Waals surface area contributed by atoms with Crippen molar-refractivity contribution in [2.45, 2.75) is 20.0 Å². The van der Waals surface area contributed by atoms with Crippen molar-refractivity contribution in [1.29, 1.82) is 0 Å². The van der Waals surface area contributed by atoms with Gasteiger partial charge < -0.3 is 14.1 Å². The number of ether oxygens (including phenoxy) is 1. The molecule has 0 bridgehead atoms. The van der Waals surface area contributed by atoms with Crippen LogP contribution in [-0.4, -0.2) is 18.0 Å². The second-order valence-corrected chi connectivity index (χ2v) is 5.41. The molecule has 0 saturated heterocycles. The molecule has 0 aliphatic heterocycles. The first kappa shape index (κ1) is 16.8. The Morgan fingerprint density at radius 1 is 1.04 bits per heavy atom. The summed E-state index contributed by atoms with van der Waals surface area (Å²) in [6.45, 7) is 2.54. The van der Waals surface area contributed by atoms with Gasteiger partial charge in [-0.3, -0.25) is 0 Å². The molecule has 0 amide bonds. The van der Waals surface area contributed by atoms with Gasteiger partial charge in [0.2, 0.25) is 0 Å². The minimum absolute atomic E-state index is 0.424. The number of oxime groups is 1. The minimum Gasteiger partial charge on any atom is -0.489 e. The summed E-state index contributed by atoms with van der Waals surface area (Å²) in [5.74, 6) is 0.895. The minimum atomic E-state index is 0.424. The summed E-state index contributed by atoms with van der Waals surface area (Å²) in [6.07, 6.45) is 2.43. The van der Waals surface area contributed by atoms with Gasteiger partial charge in [-0.05, 0) is 23.6 Å². The van der Waals surface area contributed by atoms with Gasteiger partial charge in [-0.15, -0.1) is 0 Å². The van der Waals surface area contributed by atoms with E-state index in [9.17, 15) is 0 Å². The summed E-state index contributed by atoms with van der Waals surface area (Å²) in [5.41, 5.74) is 4.30. The van der Waals surface area contributed by atoms with E-state index in [2.05, 4.69) is 23.3 Å². The molecule has 0 saturated carbocycles. The first-order chi connectivity index (χ1) is 12.3. The lowest BCUT2D eigenvalue weighted by molar-refractivity contribution is 0.213. The molecule has 0 aliphatic rings. The van der Waals surface area contributed by atoms with Gasteiger partial charge in [-0.1, -0.05) is 59.7 Å². The molecular weight excluding hydrogens is 316 g/mol. The normalized spacial score (nSPS) is 11.4. The third kappa shape index (κ3) is 3.88. The summed E-state index contributed by atoms with van der Waals surface area (Å²) in [6, 6.07) is 17.7. The molecule has 0 N–H and O–H groups in total. The lowest BCUT2D eigenvalue weighted by atomic mass is 10.0. The van der Waals surface area contributed by atoms with Crippen molar-refractivity contribution in [3.8, 4) is 5.75 Å². The van der Waals surface area contributed by atoms with Gasteiger partial charge in [0.05, 0.1) is 0 Å². The quantitative estimate of drug-likeness (QED) is 0.479. The van der Waals surface area contributed by atoms with Crippen LogP contribution in [0.2, 0.25) is 0 Å². The van der Waals surface area contributed by atoms with Crippen LogP contribution in [0.5, 0.6) is 5.75 Å². The number of nitrogens with zero attached hydrogens (tertiary/aromatic N) is 2. The smallest absolute Gasteiger partial charge is 0.139 e. The molecule has 0 unspecified atom stereocenters. The van der Waals surface area contributed by atoms with Crippen molar-refractivity contribution in [2.75, 3.05) is 7.11 Å². The van der Waals surface area contributed by atoms with Crippen LogP contribution in [0.25, 0.3) is 0 Å². The third-order valence-electron chi connectivity index (χ3n) is 3.87. The van der Waals surface area contributed by atoms with Crippen LogP contribution < -0.4 is 4.74 Å². The number of benzene rings is 2. The standard InChI is InChI=1S/C20H20N2O3/c1-3-15-8-5-7-11-19(15)24-14-16-9-4-6-10-17(16)20(22-23-2)18-12-13-25-21-18/h4-13H,3,14H2,1-2H3/b22-20-. The van der Waals surface area contributed by atoms with Gasteiger partial charge >= 0.3 is 0 Å². The molecule has 5 heteroatoms. The largest absolute Gasteiger partial charge is 0.489 e.